The first kappa shape index (κ1) is 19.6. The number of rotatable bonds is 6. The first-order valence-corrected chi connectivity index (χ1v) is 9.96. The van der Waals surface area contributed by atoms with Crippen LogP contribution in [0, 0.1) is 5.41 Å². The van der Waals surface area contributed by atoms with Gasteiger partial charge in [0.25, 0.3) is 0 Å². The number of allylic oxidation sites excluding steroid dienone is 2. The van der Waals surface area contributed by atoms with E-state index >= 15 is 0 Å². The molecule has 0 radical (unpaired) electrons. The Kier molecular flexibility index (Phi) is 5.69. The number of hydrogen-bond acceptors (Lipinski definition) is 4. The Balaban J connectivity index is 2.63. The first-order valence-electron chi connectivity index (χ1n) is 8.41. The molecule has 0 spiro atoms. The summed E-state index contributed by atoms with van der Waals surface area (Å²) in [5, 5.41) is 8.33. The molecule has 0 aliphatic heterocycles. The van der Waals surface area contributed by atoms with Gasteiger partial charge in [-0.15, -0.1) is 0 Å². The molecule has 0 amide bonds. The summed E-state index contributed by atoms with van der Waals surface area (Å²) in [5.74, 6) is 0.0112. The summed E-state index contributed by atoms with van der Waals surface area (Å²) in [5.41, 5.74) is 1.56. The number of Topliss-reactive ketones (excluding diaryl/α,β-unsaturated/α-hetero) is 1. The number of sulfone groups is 1. The van der Waals surface area contributed by atoms with Gasteiger partial charge in [0.2, 0.25) is 0 Å². The molecule has 1 aromatic carbocycles. The standard InChI is InChI=1S/C20H26O4S/c1-14(10-11-21)12-18(19-15(2)17(22)13-20(19,3)4)25(23,24)16-8-6-5-7-9-16/h5-10,18,21H,11-13H2,1-4H3. The number of aliphatic hydroxyl groups excluding tert-OH is 1. The number of aliphatic hydroxyl groups is 1. The zero-order valence-electron chi connectivity index (χ0n) is 15.2. The predicted octanol–water partition coefficient (Wildman–Crippen LogP) is 3.47. The minimum absolute atomic E-state index is 0.0112. The molecule has 25 heavy (non-hydrogen) atoms. The van der Waals surface area contributed by atoms with Crippen LogP contribution < -0.4 is 0 Å². The third-order valence-electron chi connectivity index (χ3n) is 4.87. The monoisotopic (exact) mass is 362 g/mol. The van der Waals surface area contributed by atoms with Crippen LogP contribution in [0.15, 0.2) is 58.0 Å². The van der Waals surface area contributed by atoms with Crippen LogP contribution in [-0.4, -0.2) is 31.2 Å². The zero-order chi connectivity index (χ0) is 18.8. The smallest absolute Gasteiger partial charge is 0.185 e. The summed E-state index contributed by atoms with van der Waals surface area (Å²) in [7, 11) is -3.66. The SMILES string of the molecule is CC(=CCO)CC(C1=C(C)C(=O)CC1(C)C)S(=O)(=O)c1ccccc1. The molecule has 0 fully saturated rings. The van der Waals surface area contributed by atoms with E-state index in [9.17, 15) is 13.2 Å². The highest BCUT2D eigenvalue weighted by Gasteiger charge is 2.44. The van der Waals surface area contributed by atoms with Gasteiger partial charge >= 0.3 is 0 Å². The Bertz CT molecular complexity index is 815. The molecular weight excluding hydrogens is 336 g/mol. The van der Waals surface area contributed by atoms with Crippen LogP contribution in [-0.2, 0) is 14.6 Å². The fourth-order valence-electron chi connectivity index (χ4n) is 3.64. The van der Waals surface area contributed by atoms with Gasteiger partial charge in [-0.05, 0) is 49.0 Å². The minimum atomic E-state index is -3.66. The lowest BCUT2D eigenvalue weighted by Gasteiger charge is -2.30. The number of benzene rings is 1. The molecule has 1 aromatic rings. The van der Waals surface area contributed by atoms with E-state index < -0.39 is 20.5 Å². The van der Waals surface area contributed by atoms with Gasteiger partial charge in [-0.3, -0.25) is 4.79 Å². The van der Waals surface area contributed by atoms with Crippen molar-refractivity contribution in [1.29, 1.82) is 0 Å². The third-order valence-corrected chi connectivity index (χ3v) is 6.95. The van der Waals surface area contributed by atoms with E-state index in [1.807, 2.05) is 20.8 Å². The molecule has 2 rings (SSSR count). The molecule has 4 nitrogen and oxygen atoms in total. The molecule has 0 heterocycles. The van der Waals surface area contributed by atoms with Crippen molar-refractivity contribution in [3.05, 3.63) is 53.1 Å². The quantitative estimate of drug-likeness (QED) is 0.787. The number of hydrogen-bond donors (Lipinski definition) is 1. The van der Waals surface area contributed by atoms with Crippen molar-refractivity contribution >= 4 is 15.6 Å². The molecule has 1 aliphatic rings. The Morgan fingerprint density at radius 1 is 1.28 bits per heavy atom. The van der Waals surface area contributed by atoms with Crippen molar-refractivity contribution in [2.24, 2.45) is 5.41 Å². The van der Waals surface area contributed by atoms with E-state index in [1.165, 1.54) is 0 Å². The van der Waals surface area contributed by atoms with Crippen LogP contribution in [0.2, 0.25) is 0 Å². The topological polar surface area (TPSA) is 71.4 Å². The second kappa shape index (κ2) is 7.26. The van der Waals surface area contributed by atoms with Gasteiger partial charge in [0.15, 0.2) is 15.6 Å². The van der Waals surface area contributed by atoms with Crippen molar-refractivity contribution in [2.75, 3.05) is 6.61 Å². The lowest BCUT2D eigenvalue weighted by Crippen LogP contribution is -2.30. The summed E-state index contributed by atoms with van der Waals surface area (Å²) in [6, 6.07) is 8.36. The largest absolute Gasteiger partial charge is 0.392 e. The second-order valence-corrected chi connectivity index (χ2v) is 9.44. The Morgan fingerprint density at radius 3 is 2.36 bits per heavy atom. The minimum Gasteiger partial charge on any atom is -0.392 e. The molecule has 0 bridgehead atoms. The highest BCUT2D eigenvalue weighted by molar-refractivity contribution is 7.92. The van der Waals surface area contributed by atoms with Gasteiger partial charge in [-0.1, -0.05) is 43.7 Å². The second-order valence-electron chi connectivity index (χ2n) is 7.31. The summed E-state index contributed by atoms with van der Waals surface area (Å²) in [6.07, 6.45) is 2.21. The van der Waals surface area contributed by atoms with E-state index in [4.69, 9.17) is 5.11 Å². The fraction of sp³-hybridized carbons (Fsp3) is 0.450. The molecule has 0 saturated carbocycles. The fourth-order valence-corrected chi connectivity index (χ4v) is 5.79. The average Bonchev–Trinajstić information content (AvgIpc) is 2.74. The molecule has 136 valence electrons. The average molecular weight is 362 g/mol. The van der Waals surface area contributed by atoms with Gasteiger partial charge in [-0.25, -0.2) is 8.42 Å². The number of ketones is 1. The van der Waals surface area contributed by atoms with Crippen LogP contribution in [0.5, 0.6) is 0 Å². The van der Waals surface area contributed by atoms with Gasteiger partial charge < -0.3 is 5.11 Å². The van der Waals surface area contributed by atoms with Crippen molar-refractivity contribution in [1.82, 2.24) is 0 Å². The number of carbonyl (C=O) groups excluding carboxylic acids is 1. The summed E-state index contributed by atoms with van der Waals surface area (Å²) >= 11 is 0. The van der Waals surface area contributed by atoms with Crippen molar-refractivity contribution in [2.45, 2.75) is 50.7 Å². The van der Waals surface area contributed by atoms with Crippen LogP contribution in [0.25, 0.3) is 0 Å². The molecule has 5 heteroatoms. The van der Waals surface area contributed by atoms with E-state index in [1.54, 1.807) is 43.3 Å². The lowest BCUT2D eigenvalue weighted by molar-refractivity contribution is -0.115. The van der Waals surface area contributed by atoms with Crippen LogP contribution in [0.3, 0.4) is 0 Å². The lowest BCUT2D eigenvalue weighted by atomic mass is 9.82. The summed E-state index contributed by atoms with van der Waals surface area (Å²) in [4.78, 5) is 12.5. The number of carbonyl (C=O) groups is 1. The molecule has 0 aromatic heterocycles. The Labute approximate surface area is 150 Å². The third kappa shape index (κ3) is 3.93. The van der Waals surface area contributed by atoms with E-state index in [0.29, 0.717) is 17.6 Å². The van der Waals surface area contributed by atoms with Crippen LogP contribution in [0.4, 0.5) is 0 Å². The van der Waals surface area contributed by atoms with Gasteiger partial charge in [0.05, 0.1) is 16.8 Å². The first-order chi connectivity index (χ1) is 11.6. The molecule has 0 saturated heterocycles. The Hall–Kier alpha value is -1.72. The van der Waals surface area contributed by atoms with Crippen LogP contribution in [0.1, 0.15) is 40.5 Å². The summed E-state index contributed by atoms with van der Waals surface area (Å²) in [6.45, 7) is 7.25. The van der Waals surface area contributed by atoms with E-state index in [-0.39, 0.29) is 23.7 Å². The molecular formula is C20H26O4S. The van der Waals surface area contributed by atoms with Crippen molar-refractivity contribution in [3.8, 4) is 0 Å². The maximum atomic E-state index is 13.4. The highest BCUT2D eigenvalue weighted by atomic mass is 32.2. The zero-order valence-corrected chi connectivity index (χ0v) is 16.1. The molecule has 1 unspecified atom stereocenters. The predicted molar refractivity (Wildman–Crippen MR) is 99.0 cm³/mol. The molecule has 1 N–H and O–H groups in total. The Morgan fingerprint density at radius 2 is 1.88 bits per heavy atom. The van der Waals surface area contributed by atoms with Crippen molar-refractivity contribution in [3.63, 3.8) is 0 Å². The van der Waals surface area contributed by atoms with Crippen LogP contribution >= 0.6 is 0 Å². The molecule has 1 atom stereocenters. The maximum Gasteiger partial charge on any atom is 0.185 e. The normalized spacial score (nSPS) is 19.4. The highest BCUT2D eigenvalue weighted by Crippen LogP contribution is 2.46. The summed E-state index contributed by atoms with van der Waals surface area (Å²) < 4.78 is 26.7. The van der Waals surface area contributed by atoms with E-state index in [2.05, 4.69) is 0 Å². The van der Waals surface area contributed by atoms with Gasteiger partial charge in [-0.2, -0.15) is 0 Å². The van der Waals surface area contributed by atoms with Crippen molar-refractivity contribution < 1.29 is 18.3 Å². The van der Waals surface area contributed by atoms with Gasteiger partial charge in [0.1, 0.15) is 0 Å². The molecule has 1 aliphatic carbocycles. The maximum absolute atomic E-state index is 13.4. The van der Waals surface area contributed by atoms with E-state index in [0.717, 1.165) is 5.57 Å². The van der Waals surface area contributed by atoms with Gasteiger partial charge in [0, 0.05) is 6.42 Å².